The Kier molecular flexibility index (Phi) is 4.07. The lowest BCUT2D eigenvalue weighted by atomic mass is 9.94. The van der Waals surface area contributed by atoms with Crippen LogP contribution < -0.4 is 0 Å². The Balaban J connectivity index is 1.43. The van der Waals surface area contributed by atoms with Crippen molar-refractivity contribution in [1.82, 2.24) is 20.0 Å². The van der Waals surface area contributed by atoms with Crippen LogP contribution in [-0.4, -0.2) is 65.3 Å². The van der Waals surface area contributed by atoms with E-state index in [2.05, 4.69) is 15.1 Å². The van der Waals surface area contributed by atoms with Crippen LogP contribution in [0.1, 0.15) is 43.4 Å². The van der Waals surface area contributed by atoms with Crippen molar-refractivity contribution in [2.45, 2.75) is 44.2 Å². The number of nitrogens with zero attached hydrogens (tertiary/aromatic N) is 4. The highest BCUT2D eigenvalue weighted by Gasteiger charge is 2.40. The molecule has 3 aliphatic heterocycles. The van der Waals surface area contributed by atoms with Gasteiger partial charge in [-0.2, -0.15) is 0 Å². The summed E-state index contributed by atoms with van der Waals surface area (Å²) in [6.07, 6.45) is 4.39. The average Bonchev–Trinajstić information content (AvgIpc) is 3.33. The molecule has 4 heterocycles. The summed E-state index contributed by atoms with van der Waals surface area (Å²) in [5, 5.41) is 8.34. The van der Waals surface area contributed by atoms with Crippen LogP contribution in [0.4, 0.5) is 0 Å². The summed E-state index contributed by atoms with van der Waals surface area (Å²) in [5.74, 6) is 2.34. The molecule has 4 aliphatic rings. The van der Waals surface area contributed by atoms with Gasteiger partial charge in [0.15, 0.2) is 0 Å². The quantitative estimate of drug-likeness (QED) is 0.779. The number of hydrogen-bond donors (Lipinski definition) is 0. The molecular formula is C16H24N4O3. The zero-order valence-corrected chi connectivity index (χ0v) is 13.6. The zero-order chi connectivity index (χ0) is 15.8. The minimum atomic E-state index is 0.0939. The molecule has 2 bridgehead atoms. The van der Waals surface area contributed by atoms with Gasteiger partial charge in [0.1, 0.15) is 0 Å². The van der Waals surface area contributed by atoms with Crippen molar-refractivity contribution in [1.29, 1.82) is 0 Å². The van der Waals surface area contributed by atoms with Crippen molar-refractivity contribution in [3.8, 4) is 0 Å². The topological polar surface area (TPSA) is 71.7 Å². The predicted molar refractivity (Wildman–Crippen MR) is 81.7 cm³/mol. The number of carbonyl (C=O) groups is 1. The normalized spacial score (nSPS) is 28.4. The molecule has 2 atom stereocenters. The van der Waals surface area contributed by atoms with Crippen LogP contribution in [0.25, 0.3) is 0 Å². The molecule has 0 aromatic carbocycles. The molecule has 0 unspecified atom stereocenters. The van der Waals surface area contributed by atoms with E-state index in [9.17, 15) is 4.79 Å². The summed E-state index contributed by atoms with van der Waals surface area (Å²) >= 11 is 0. The molecule has 0 N–H and O–H groups in total. The van der Waals surface area contributed by atoms with Gasteiger partial charge in [-0.3, -0.25) is 9.69 Å². The Morgan fingerprint density at radius 3 is 2.78 bits per heavy atom. The molecule has 3 saturated heterocycles. The molecule has 7 heteroatoms. The van der Waals surface area contributed by atoms with Gasteiger partial charge in [0, 0.05) is 38.7 Å². The molecule has 126 valence electrons. The SMILES string of the molecule is COCCN1C(=O)[C@@H]2CC[C@H]1CN(Cc1nnc(C3CC3)o1)C2. The molecule has 1 aromatic heterocycles. The molecule has 1 saturated carbocycles. The second-order valence-corrected chi connectivity index (χ2v) is 6.95. The van der Waals surface area contributed by atoms with E-state index in [1.54, 1.807) is 7.11 Å². The van der Waals surface area contributed by atoms with Gasteiger partial charge >= 0.3 is 0 Å². The van der Waals surface area contributed by atoms with E-state index < -0.39 is 0 Å². The average molecular weight is 320 g/mol. The van der Waals surface area contributed by atoms with Crippen molar-refractivity contribution in [2.24, 2.45) is 5.92 Å². The van der Waals surface area contributed by atoms with E-state index in [1.807, 2.05) is 4.90 Å². The molecule has 1 amide bonds. The first-order chi connectivity index (χ1) is 11.2. The maximum atomic E-state index is 12.6. The van der Waals surface area contributed by atoms with Gasteiger partial charge in [0.25, 0.3) is 0 Å². The van der Waals surface area contributed by atoms with Gasteiger partial charge in [-0.25, -0.2) is 0 Å². The van der Waals surface area contributed by atoms with Gasteiger partial charge in [-0.05, 0) is 25.7 Å². The Morgan fingerprint density at radius 2 is 2.00 bits per heavy atom. The van der Waals surface area contributed by atoms with E-state index in [1.165, 1.54) is 12.8 Å². The molecule has 1 aliphatic carbocycles. The number of carbonyl (C=O) groups excluding carboxylic acids is 1. The number of ether oxygens (including phenoxy) is 1. The molecule has 23 heavy (non-hydrogen) atoms. The predicted octanol–water partition coefficient (Wildman–Crippen LogP) is 1.02. The van der Waals surface area contributed by atoms with Gasteiger partial charge in [0.05, 0.1) is 19.1 Å². The lowest BCUT2D eigenvalue weighted by Crippen LogP contribution is -2.49. The highest BCUT2D eigenvalue weighted by molar-refractivity contribution is 5.80. The third kappa shape index (κ3) is 3.12. The fraction of sp³-hybridized carbons (Fsp3) is 0.812. The zero-order valence-electron chi connectivity index (χ0n) is 13.6. The van der Waals surface area contributed by atoms with E-state index in [0.29, 0.717) is 31.5 Å². The highest BCUT2D eigenvalue weighted by Crippen LogP contribution is 2.39. The molecule has 1 aromatic rings. The highest BCUT2D eigenvalue weighted by atomic mass is 16.5. The first-order valence-electron chi connectivity index (χ1n) is 8.58. The monoisotopic (exact) mass is 320 g/mol. The Bertz CT molecular complexity index is 571. The summed E-state index contributed by atoms with van der Waals surface area (Å²) in [7, 11) is 1.68. The molecule has 4 fully saturated rings. The van der Waals surface area contributed by atoms with Crippen LogP contribution >= 0.6 is 0 Å². The molecule has 0 radical (unpaired) electrons. The van der Waals surface area contributed by atoms with E-state index in [-0.39, 0.29) is 17.9 Å². The fourth-order valence-corrected chi connectivity index (χ4v) is 3.76. The summed E-state index contributed by atoms with van der Waals surface area (Å²) in [5.41, 5.74) is 0. The largest absolute Gasteiger partial charge is 0.424 e. The number of aromatic nitrogens is 2. The lowest BCUT2D eigenvalue weighted by molar-refractivity contribution is -0.140. The summed E-state index contributed by atoms with van der Waals surface area (Å²) in [4.78, 5) is 16.9. The smallest absolute Gasteiger partial charge is 0.230 e. The Morgan fingerprint density at radius 1 is 1.17 bits per heavy atom. The van der Waals surface area contributed by atoms with Crippen molar-refractivity contribution in [3.05, 3.63) is 11.8 Å². The molecule has 7 nitrogen and oxygen atoms in total. The third-order valence-corrected chi connectivity index (χ3v) is 5.17. The van der Waals surface area contributed by atoms with E-state index in [4.69, 9.17) is 9.15 Å². The van der Waals surface area contributed by atoms with Crippen molar-refractivity contribution in [2.75, 3.05) is 33.4 Å². The first kappa shape index (κ1) is 15.1. The van der Waals surface area contributed by atoms with Crippen molar-refractivity contribution in [3.63, 3.8) is 0 Å². The number of fused-ring (bicyclic) bond motifs is 4. The van der Waals surface area contributed by atoms with Gasteiger partial charge in [-0.1, -0.05) is 0 Å². The number of piperidine rings is 1. The summed E-state index contributed by atoms with van der Waals surface area (Å²) < 4.78 is 10.9. The van der Waals surface area contributed by atoms with Crippen molar-refractivity contribution < 1.29 is 13.9 Å². The minimum absolute atomic E-state index is 0.0939. The van der Waals surface area contributed by atoms with Crippen LogP contribution in [0.5, 0.6) is 0 Å². The number of rotatable bonds is 6. The lowest BCUT2D eigenvalue weighted by Gasteiger charge is -2.35. The van der Waals surface area contributed by atoms with E-state index in [0.717, 1.165) is 31.8 Å². The molecule has 5 rings (SSSR count). The van der Waals surface area contributed by atoms with Crippen LogP contribution in [0, 0.1) is 5.92 Å². The Labute approximate surface area is 136 Å². The van der Waals surface area contributed by atoms with Crippen LogP contribution in [-0.2, 0) is 16.1 Å². The summed E-state index contributed by atoms with van der Waals surface area (Å²) in [6, 6.07) is 0.280. The standard InChI is InChI=1S/C16H24N4O3/c1-22-7-6-20-13-5-4-12(16(20)21)8-19(9-13)10-14-17-18-15(23-14)11-2-3-11/h11-13H,2-10H2,1H3/t12-,13+/m1/s1. The van der Waals surface area contributed by atoms with Crippen LogP contribution in [0.2, 0.25) is 0 Å². The van der Waals surface area contributed by atoms with Gasteiger partial charge < -0.3 is 14.1 Å². The number of methoxy groups -OCH3 is 1. The van der Waals surface area contributed by atoms with E-state index >= 15 is 0 Å². The van der Waals surface area contributed by atoms with Crippen molar-refractivity contribution >= 4 is 5.91 Å². The summed E-state index contributed by atoms with van der Waals surface area (Å²) in [6.45, 7) is 3.62. The molecular weight excluding hydrogens is 296 g/mol. The van der Waals surface area contributed by atoms with Gasteiger partial charge in [0.2, 0.25) is 17.7 Å². The fourth-order valence-electron chi connectivity index (χ4n) is 3.76. The first-order valence-corrected chi connectivity index (χ1v) is 8.58. The number of hydrogen-bond acceptors (Lipinski definition) is 6. The maximum absolute atomic E-state index is 12.6. The van der Waals surface area contributed by atoms with Crippen LogP contribution in [0.3, 0.4) is 0 Å². The number of amides is 1. The minimum Gasteiger partial charge on any atom is -0.424 e. The molecule has 0 spiro atoms. The second kappa shape index (κ2) is 6.20. The maximum Gasteiger partial charge on any atom is 0.230 e. The van der Waals surface area contributed by atoms with Crippen LogP contribution in [0.15, 0.2) is 4.42 Å². The third-order valence-electron chi connectivity index (χ3n) is 5.17. The van der Waals surface area contributed by atoms with Gasteiger partial charge in [-0.15, -0.1) is 10.2 Å². The Hall–Kier alpha value is -1.47. The second-order valence-electron chi connectivity index (χ2n) is 6.95.